The molecule has 0 unspecified atom stereocenters. The smallest absolute Gasteiger partial charge is 0.410 e. The Morgan fingerprint density at radius 2 is 2.04 bits per heavy atom. The van der Waals surface area contributed by atoms with E-state index in [1.807, 2.05) is 37.3 Å². The first-order valence-electron chi connectivity index (χ1n) is 8.81. The summed E-state index contributed by atoms with van der Waals surface area (Å²) in [4.78, 5) is 28.5. The predicted octanol–water partition coefficient (Wildman–Crippen LogP) is 2.79. The molecule has 1 fully saturated rings. The zero-order chi connectivity index (χ0) is 18.6. The molecule has 0 N–H and O–H groups in total. The minimum absolute atomic E-state index is 0.0131. The van der Waals surface area contributed by atoms with Crippen molar-refractivity contribution >= 4 is 17.7 Å². The number of amides is 2. The zero-order valence-electron chi connectivity index (χ0n) is 16.0. The highest BCUT2D eigenvalue weighted by Crippen LogP contribution is 2.36. The van der Waals surface area contributed by atoms with Crippen molar-refractivity contribution in [3.63, 3.8) is 0 Å². The normalized spacial score (nSPS) is 23.0. The molecule has 2 aliphatic heterocycles. The number of anilines is 1. The van der Waals surface area contributed by atoms with Gasteiger partial charge in [-0.15, -0.1) is 0 Å². The largest absolute Gasteiger partial charge is 0.444 e. The topological polar surface area (TPSA) is 67.7 Å². The highest BCUT2D eigenvalue weighted by atomic mass is 16.6. The van der Waals surface area contributed by atoms with Gasteiger partial charge in [0.1, 0.15) is 5.60 Å². The molecular formula is C18H28N4O3. The molecule has 1 aromatic heterocycles. The van der Waals surface area contributed by atoms with Crippen LogP contribution in [-0.4, -0.2) is 44.9 Å². The van der Waals surface area contributed by atoms with Crippen LogP contribution in [0.15, 0.2) is 6.20 Å². The summed E-state index contributed by atoms with van der Waals surface area (Å²) in [6.07, 6.45) is 1.95. The van der Waals surface area contributed by atoms with Crippen molar-refractivity contribution < 1.29 is 14.3 Å². The third-order valence-corrected chi connectivity index (χ3v) is 4.65. The van der Waals surface area contributed by atoms with Gasteiger partial charge >= 0.3 is 6.09 Å². The molecule has 3 heterocycles. The molecule has 0 aromatic carbocycles. The first kappa shape index (κ1) is 17.8. The molecule has 1 saturated heterocycles. The van der Waals surface area contributed by atoms with Gasteiger partial charge in [0.25, 0.3) is 0 Å². The number of rotatable bonds is 1. The molecule has 0 radical (unpaired) electrons. The standard InChI is InChI=1S/C18H28N4O3/c1-12-9-22-14(10-20(12)16(24)25-17(2,3)4)13(8-19-22)21-11-18(5,6)7-15(21)23/h8,12H,7,9-11H2,1-6H3/t12-/m0/s1. The van der Waals surface area contributed by atoms with Gasteiger partial charge in [0.15, 0.2) is 0 Å². The number of ether oxygens (including phenoxy) is 1. The maximum Gasteiger partial charge on any atom is 0.410 e. The first-order chi connectivity index (χ1) is 11.5. The second-order valence-electron chi connectivity index (χ2n) is 8.94. The molecule has 1 aromatic rings. The Morgan fingerprint density at radius 3 is 2.60 bits per heavy atom. The number of hydrogen-bond donors (Lipinski definition) is 0. The van der Waals surface area contributed by atoms with Gasteiger partial charge in [-0.05, 0) is 33.1 Å². The second-order valence-corrected chi connectivity index (χ2v) is 8.94. The number of carbonyl (C=O) groups excluding carboxylic acids is 2. The number of carbonyl (C=O) groups is 2. The molecule has 3 rings (SSSR count). The molecule has 0 aliphatic carbocycles. The Kier molecular flexibility index (Phi) is 4.08. The predicted molar refractivity (Wildman–Crippen MR) is 94.2 cm³/mol. The third-order valence-electron chi connectivity index (χ3n) is 4.65. The van der Waals surface area contributed by atoms with Crippen molar-refractivity contribution in [1.29, 1.82) is 0 Å². The maximum atomic E-state index is 12.5. The minimum atomic E-state index is -0.535. The van der Waals surface area contributed by atoms with E-state index in [2.05, 4.69) is 18.9 Å². The lowest BCUT2D eigenvalue weighted by atomic mass is 9.93. The molecule has 25 heavy (non-hydrogen) atoms. The van der Waals surface area contributed by atoms with Crippen LogP contribution in [0.3, 0.4) is 0 Å². The number of fused-ring (bicyclic) bond motifs is 1. The average molecular weight is 348 g/mol. The van der Waals surface area contributed by atoms with Crippen molar-refractivity contribution in [2.75, 3.05) is 11.4 Å². The minimum Gasteiger partial charge on any atom is -0.444 e. The average Bonchev–Trinajstić information content (AvgIpc) is 2.95. The summed E-state index contributed by atoms with van der Waals surface area (Å²) in [5.74, 6) is 0.114. The molecule has 1 atom stereocenters. The summed E-state index contributed by atoms with van der Waals surface area (Å²) in [5.41, 5.74) is 1.14. The highest BCUT2D eigenvalue weighted by molar-refractivity contribution is 5.96. The fraction of sp³-hybridized carbons (Fsp3) is 0.722. The van der Waals surface area contributed by atoms with Crippen LogP contribution < -0.4 is 4.90 Å². The Labute approximate surface area is 148 Å². The van der Waals surface area contributed by atoms with Crippen LogP contribution >= 0.6 is 0 Å². The molecule has 0 spiro atoms. The van der Waals surface area contributed by atoms with Crippen molar-refractivity contribution in [3.05, 3.63) is 11.9 Å². The van der Waals surface area contributed by atoms with Gasteiger partial charge in [-0.2, -0.15) is 5.10 Å². The lowest BCUT2D eigenvalue weighted by Crippen LogP contribution is -2.47. The Morgan fingerprint density at radius 1 is 1.36 bits per heavy atom. The second kappa shape index (κ2) is 5.75. The van der Waals surface area contributed by atoms with Crippen molar-refractivity contribution in [2.45, 2.75) is 72.7 Å². The van der Waals surface area contributed by atoms with Crippen LogP contribution in [0.25, 0.3) is 0 Å². The third kappa shape index (κ3) is 3.50. The summed E-state index contributed by atoms with van der Waals surface area (Å²) in [6.45, 7) is 13.4. The van der Waals surface area contributed by atoms with E-state index in [0.717, 1.165) is 11.4 Å². The van der Waals surface area contributed by atoms with Crippen molar-refractivity contribution in [2.24, 2.45) is 5.41 Å². The summed E-state index contributed by atoms with van der Waals surface area (Å²) in [5, 5.41) is 4.45. The monoisotopic (exact) mass is 348 g/mol. The molecule has 138 valence electrons. The van der Waals surface area contributed by atoms with Crippen molar-refractivity contribution in [3.8, 4) is 0 Å². The molecule has 2 aliphatic rings. The van der Waals surface area contributed by atoms with E-state index in [1.165, 1.54) is 0 Å². The van der Waals surface area contributed by atoms with E-state index >= 15 is 0 Å². The van der Waals surface area contributed by atoms with E-state index in [1.54, 1.807) is 11.1 Å². The summed E-state index contributed by atoms with van der Waals surface area (Å²) >= 11 is 0. The van der Waals surface area contributed by atoms with Gasteiger partial charge in [0, 0.05) is 13.0 Å². The van der Waals surface area contributed by atoms with E-state index in [-0.39, 0.29) is 23.5 Å². The lowest BCUT2D eigenvalue weighted by molar-refractivity contribution is -0.117. The summed E-state index contributed by atoms with van der Waals surface area (Å²) in [7, 11) is 0. The molecule has 2 amide bonds. The van der Waals surface area contributed by atoms with Gasteiger partial charge in [-0.1, -0.05) is 13.8 Å². The van der Waals surface area contributed by atoms with E-state index < -0.39 is 5.60 Å². The quantitative estimate of drug-likeness (QED) is 0.783. The van der Waals surface area contributed by atoms with Crippen LogP contribution in [0.4, 0.5) is 10.5 Å². The Hall–Kier alpha value is -2.05. The van der Waals surface area contributed by atoms with Gasteiger partial charge < -0.3 is 9.64 Å². The van der Waals surface area contributed by atoms with Crippen LogP contribution in [0.1, 0.15) is 53.7 Å². The molecule has 7 nitrogen and oxygen atoms in total. The fourth-order valence-electron chi connectivity index (χ4n) is 3.47. The number of hydrogen-bond acceptors (Lipinski definition) is 4. The van der Waals surface area contributed by atoms with E-state index in [4.69, 9.17) is 4.74 Å². The zero-order valence-corrected chi connectivity index (χ0v) is 16.0. The molecular weight excluding hydrogens is 320 g/mol. The van der Waals surface area contributed by atoms with Crippen LogP contribution in [0, 0.1) is 5.41 Å². The van der Waals surface area contributed by atoms with Gasteiger partial charge in [-0.3, -0.25) is 14.4 Å². The SMILES string of the molecule is C[C@H]1Cn2ncc(N3CC(C)(C)CC3=O)c2CN1C(=O)OC(C)(C)C. The summed E-state index contributed by atoms with van der Waals surface area (Å²) in [6, 6.07) is -0.0131. The first-order valence-corrected chi connectivity index (χ1v) is 8.81. The maximum absolute atomic E-state index is 12.5. The van der Waals surface area contributed by atoms with Crippen LogP contribution in [0.5, 0.6) is 0 Å². The van der Waals surface area contributed by atoms with Crippen LogP contribution in [-0.2, 0) is 22.6 Å². The fourth-order valence-corrected chi connectivity index (χ4v) is 3.47. The van der Waals surface area contributed by atoms with Crippen molar-refractivity contribution in [1.82, 2.24) is 14.7 Å². The molecule has 0 bridgehead atoms. The van der Waals surface area contributed by atoms with E-state index in [9.17, 15) is 9.59 Å². The van der Waals surface area contributed by atoms with Gasteiger partial charge in [-0.25, -0.2) is 4.79 Å². The Balaban J connectivity index is 1.86. The van der Waals surface area contributed by atoms with Crippen LogP contribution in [0.2, 0.25) is 0 Å². The van der Waals surface area contributed by atoms with Gasteiger partial charge in [0.2, 0.25) is 5.91 Å². The number of aromatic nitrogens is 2. The molecule has 7 heteroatoms. The number of nitrogens with zero attached hydrogens (tertiary/aromatic N) is 4. The lowest BCUT2D eigenvalue weighted by Gasteiger charge is -2.36. The Bertz CT molecular complexity index is 702. The highest BCUT2D eigenvalue weighted by Gasteiger charge is 2.40. The molecule has 0 saturated carbocycles. The van der Waals surface area contributed by atoms with E-state index in [0.29, 0.717) is 26.1 Å². The van der Waals surface area contributed by atoms with Gasteiger partial charge in [0.05, 0.1) is 36.7 Å². The summed E-state index contributed by atoms with van der Waals surface area (Å²) < 4.78 is 7.44.